The number of benzene rings is 2. The number of rotatable bonds is 3. The Morgan fingerprint density at radius 3 is 2.55 bits per heavy atom. The minimum atomic E-state index is -0.418. The van der Waals surface area contributed by atoms with Crippen LogP contribution in [0.15, 0.2) is 42.5 Å². The van der Waals surface area contributed by atoms with Gasteiger partial charge < -0.3 is 15.4 Å². The van der Waals surface area contributed by atoms with Crippen molar-refractivity contribution in [3.05, 3.63) is 53.1 Å². The molecular weight excluding hydrogens is 304 g/mol. The summed E-state index contributed by atoms with van der Waals surface area (Å²) >= 11 is 5.87. The van der Waals surface area contributed by atoms with Crippen LogP contribution in [0, 0.1) is 6.92 Å². The molecule has 0 fully saturated rings. The molecule has 0 atom stereocenters. The van der Waals surface area contributed by atoms with Crippen molar-refractivity contribution in [1.29, 1.82) is 0 Å². The zero-order valence-electron chi connectivity index (χ0n) is 12.1. The maximum Gasteiger partial charge on any atom is 0.323 e. The molecule has 0 saturated carbocycles. The Morgan fingerprint density at radius 2 is 1.86 bits per heavy atom. The molecule has 22 heavy (non-hydrogen) atoms. The molecule has 0 aliphatic heterocycles. The average Bonchev–Trinajstić information content (AvgIpc) is 2.41. The second-order valence-electron chi connectivity index (χ2n) is 4.66. The first-order valence-electron chi connectivity index (χ1n) is 6.56. The van der Waals surface area contributed by atoms with Gasteiger partial charge in [0.25, 0.3) is 0 Å². The summed E-state index contributed by atoms with van der Waals surface area (Å²) in [5.41, 5.74) is 2.04. The van der Waals surface area contributed by atoms with Crippen molar-refractivity contribution in [3.8, 4) is 5.75 Å². The third-order valence-electron chi connectivity index (χ3n) is 2.79. The van der Waals surface area contributed by atoms with Gasteiger partial charge in [-0.15, -0.1) is 0 Å². The van der Waals surface area contributed by atoms with E-state index in [4.69, 9.17) is 16.3 Å². The van der Waals surface area contributed by atoms with Crippen LogP contribution in [0.2, 0.25) is 5.02 Å². The number of anilines is 2. The lowest BCUT2D eigenvalue weighted by atomic mass is 10.2. The number of hydrogen-bond acceptors (Lipinski definition) is 3. The van der Waals surface area contributed by atoms with Gasteiger partial charge in [-0.2, -0.15) is 0 Å². The summed E-state index contributed by atoms with van der Waals surface area (Å²) in [5.74, 6) is -0.0497. The number of ether oxygens (including phenoxy) is 1. The molecule has 0 aliphatic rings. The molecule has 0 bridgehead atoms. The summed E-state index contributed by atoms with van der Waals surface area (Å²) in [7, 11) is 0. The number of halogens is 1. The Balaban J connectivity index is 2.04. The quantitative estimate of drug-likeness (QED) is 0.657. The summed E-state index contributed by atoms with van der Waals surface area (Å²) in [6.45, 7) is 3.17. The summed E-state index contributed by atoms with van der Waals surface area (Å²) < 4.78 is 4.96. The Labute approximate surface area is 133 Å². The van der Waals surface area contributed by atoms with E-state index in [9.17, 15) is 9.59 Å². The summed E-state index contributed by atoms with van der Waals surface area (Å²) in [5, 5.41) is 6.01. The number of amides is 2. The van der Waals surface area contributed by atoms with Crippen molar-refractivity contribution < 1.29 is 14.3 Å². The highest BCUT2D eigenvalue weighted by molar-refractivity contribution is 6.30. The molecule has 6 heteroatoms. The molecule has 2 rings (SSSR count). The molecular formula is C16H15ClN2O3. The minimum Gasteiger partial charge on any atom is -0.427 e. The summed E-state index contributed by atoms with van der Waals surface area (Å²) in [6, 6.07) is 11.4. The number of aryl methyl sites for hydroxylation is 1. The van der Waals surface area contributed by atoms with E-state index in [1.165, 1.54) is 6.92 Å². The molecule has 114 valence electrons. The zero-order chi connectivity index (χ0) is 16.1. The van der Waals surface area contributed by atoms with Crippen molar-refractivity contribution in [2.45, 2.75) is 13.8 Å². The van der Waals surface area contributed by atoms with Crippen molar-refractivity contribution in [3.63, 3.8) is 0 Å². The van der Waals surface area contributed by atoms with E-state index < -0.39 is 12.0 Å². The van der Waals surface area contributed by atoms with Crippen LogP contribution in [0.3, 0.4) is 0 Å². The Hall–Kier alpha value is -2.53. The van der Waals surface area contributed by atoms with Crippen molar-refractivity contribution in [2.24, 2.45) is 0 Å². The fourth-order valence-electron chi connectivity index (χ4n) is 1.86. The Bertz CT molecular complexity index is 716. The number of hydrogen-bond donors (Lipinski definition) is 2. The smallest absolute Gasteiger partial charge is 0.323 e. The third-order valence-corrected chi connectivity index (χ3v) is 3.03. The third kappa shape index (κ3) is 4.49. The van der Waals surface area contributed by atoms with Crippen LogP contribution in [0.1, 0.15) is 12.5 Å². The van der Waals surface area contributed by atoms with E-state index in [1.54, 1.807) is 42.5 Å². The van der Waals surface area contributed by atoms with Gasteiger partial charge in [0, 0.05) is 29.4 Å². The molecule has 0 saturated heterocycles. The highest BCUT2D eigenvalue weighted by atomic mass is 35.5. The Morgan fingerprint density at radius 1 is 1.09 bits per heavy atom. The van der Waals surface area contributed by atoms with Crippen molar-refractivity contribution >= 4 is 35.0 Å². The molecule has 0 aromatic heterocycles. The first kappa shape index (κ1) is 15.9. The molecule has 0 heterocycles. The number of nitrogens with one attached hydrogen (secondary N) is 2. The van der Waals surface area contributed by atoms with Crippen molar-refractivity contribution in [1.82, 2.24) is 0 Å². The first-order chi connectivity index (χ1) is 10.4. The maximum atomic E-state index is 12.0. The van der Waals surface area contributed by atoms with Crippen LogP contribution in [0.5, 0.6) is 5.75 Å². The second-order valence-corrected chi connectivity index (χ2v) is 5.10. The number of carbonyl (C=O) groups excluding carboxylic acids is 2. The van der Waals surface area contributed by atoms with E-state index in [0.717, 1.165) is 5.56 Å². The lowest BCUT2D eigenvalue weighted by Crippen LogP contribution is -2.20. The number of esters is 1. The van der Waals surface area contributed by atoms with Crippen LogP contribution in [0.4, 0.5) is 16.2 Å². The van der Waals surface area contributed by atoms with Gasteiger partial charge in [-0.1, -0.05) is 17.7 Å². The lowest BCUT2D eigenvalue weighted by molar-refractivity contribution is -0.131. The Kier molecular flexibility index (Phi) is 5.01. The minimum absolute atomic E-state index is 0.368. The van der Waals surface area contributed by atoms with Gasteiger partial charge in [0.2, 0.25) is 0 Å². The number of urea groups is 1. The van der Waals surface area contributed by atoms with Crippen LogP contribution in [0.25, 0.3) is 0 Å². The fraction of sp³-hybridized carbons (Fsp3) is 0.125. The molecule has 0 aliphatic carbocycles. The molecule has 2 N–H and O–H groups in total. The van der Waals surface area contributed by atoms with E-state index in [1.807, 2.05) is 6.92 Å². The highest BCUT2D eigenvalue weighted by Gasteiger charge is 2.06. The second kappa shape index (κ2) is 6.95. The first-order valence-corrected chi connectivity index (χ1v) is 6.94. The molecule has 2 amide bonds. The topological polar surface area (TPSA) is 67.4 Å². The van der Waals surface area contributed by atoms with Gasteiger partial charge in [0.1, 0.15) is 5.75 Å². The standard InChI is InChI=1S/C16H15ClN2O3/c1-10-8-12(17)6-7-15(10)19-16(21)18-13-4-3-5-14(9-13)22-11(2)20/h3-9H,1-2H3,(H2,18,19,21). The van der Waals surface area contributed by atoms with E-state index in [0.29, 0.717) is 22.1 Å². The molecule has 0 radical (unpaired) electrons. The predicted octanol–water partition coefficient (Wildman–Crippen LogP) is 4.22. The lowest BCUT2D eigenvalue weighted by Gasteiger charge is -2.11. The molecule has 2 aromatic carbocycles. The normalized spacial score (nSPS) is 9.95. The summed E-state index contributed by atoms with van der Waals surface area (Å²) in [4.78, 5) is 22.9. The van der Waals surface area contributed by atoms with Gasteiger partial charge in [-0.05, 0) is 42.8 Å². The maximum absolute atomic E-state index is 12.0. The van der Waals surface area contributed by atoms with Crippen molar-refractivity contribution in [2.75, 3.05) is 10.6 Å². The van der Waals surface area contributed by atoms with Crippen LogP contribution in [-0.4, -0.2) is 12.0 Å². The molecule has 5 nitrogen and oxygen atoms in total. The van der Waals surface area contributed by atoms with E-state index >= 15 is 0 Å². The fourth-order valence-corrected chi connectivity index (χ4v) is 2.08. The number of carbonyl (C=O) groups is 2. The van der Waals surface area contributed by atoms with E-state index in [2.05, 4.69) is 10.6 Å². The van der Waals surface area contributed by atoms with Gasteiger partial charge in [0.05, 0.1) is 0 Å². The molecule has 2 aromatic rings. The monoisotopic (exact) mass is 318 g/mol. The summed E-state index contributed by atoms with van der Waals surface area (Å²) in [6.07, 6.45) is 0. The van der Waals surface area contributed by atoms with Gasteiger partial charge in [0.15, 0.2) is 0 Å². The van der Waals surface area contributed by atoms with Gasteiger partial charge >= 0.3 is 12.0 Å². The van der Waals surface area contributed by atoms with Crippen LogP contribution in [-0.2, 0) is 4.79 Å². The van der Waals surface area contributed by atoms with Crippen LogP contribution >= 0.6 is 11.6 Å². The molecule has 0 unspecified atom stereocenters. The molecule has 0 spiro atoms. The predicted molar refractivity (Wildman–Crippen MR) is 86.6 cm³/mol. The average molecular weight is 319 g/mol. The van der Waals surface area contributed by atoms with Crippen LogP contribution < -0.4 is 15.4 Å². The highest BCUT2D eigenvalue weighted by Crippen LogP contribution is 2.21. The van der Waals surface area contributed by atoms with Gasteiger partial charge in [-0.3, -0.25) is 4.79 Å². The zero-order valence-corrected chi connectivity index (χ0v) is 12.9. The SMILES string of the molecule is CC(=O)Oc1cccc(NC(=O)Nc2ccc(Cl)cc2C)c1. The largest absolute Gasteiger partial charge is 0.427 e. The van der Waals surface area contributed by atoms with Gasteiger partial charge in [-0.25, -0.2) is 4.79 Å². The van der Waals surface area contributed by atoms with E-state index in [-0.39, 0.29) is 0 Å².